The summed E-state index contributed by atoms with van der Waals surface area (Å²) in [5.41, 5.74) is 0.802. The summed E-state index contributed by atoms with van der Waals surface area (Å²) in [5.74, 6) is 1.55. The van der Waals surface area contributed by atoms with Crippen LogP contribution >= 0.6 is 0 Å². The van der Waals surface area contributed by atoms with E-state index in [1.54, 1.807) is 12.3 Å². The first-order valence-corrected chi connectivity index (χ1v) is 6.06. The minimum Gasteiger partial charge on any atom is -0.469 e. The Morgan fingerprint density at radius 1 is 1.38 bits per heavy atom. The van der Waals surface area contributed by atoms with E-state index in [0.717, 1.165) is 37.4 Å². The van der Waals surface area contributed by atoms with Crippen molar-refractivity contribution in [2.75, 3.05) is 19.6 Å². The van der Waals surface area contributed by atoms with Crippen LogP contribution in [-0.2, 0) is 6.42 Å². The van der Waals surface area contributed by atoms with E-state index in [-0.39, 0.29) is 5.78 Å². The molecule has 1 unspecified atom stereocenters. The fraction of sp³-hybridized carbons (Fsp3) is 0.615. The Bertz CT molecular complexity index is 366. The Morgan fingerprint density at radius 2 is 2.12 bits per heavy atom. The number of hydrogen-bond donors (Lipinski definition) is 0. The van der Waals surface area contributed by atoms with Gasteiger partial charge in [0.15, 0.2) is 5.78 Å². The van der Waals surface area contributed by atoms with Gasteiger partial charge >= 0.3 is 0 Å². The summed E-state index contributed by atoms with van der Waals surface area (Å²) < 4.78 is 5.37. The van der Waals surface area contributed by atoms with Gasteiger partial charge in [0.25, 0.3) is 0 Å². The third-order valence-corrected chi connectivity index (χ3v) is 3.40. The molecule has 0 fully saturated rings. The summed E-state index contributed by atoms with van der Waals surface area (Å²) in [7, 11) is 0. The van der Waals surface area contributed by atoms with E-state index in [4.69, 9.17) is 4.42 Å². The largest absolute Gasteiger partial charge is 0.469 e. The van der Waals surface area contributed by atoms with Gasteiger partial charge in [-0.25, -0.2) is 0 Å². The number of nitrogens with zero attached hydrogens (tertiary/aromatic N) is 1. The number of carbonyl (C=O) groups excluding carboxylic acids is 1. The molecule has 3 heteroatoms. The fourth-order valence-electron chi connectivity index (χ4n) is 2.43. The predicted octanol–water partition coefficient (Wildman–Crippen LogP) is 2.37. The molecule has 1 aromatic heterocycles. The van der Waals surface area contributed by atoms with Crippen LogP contribution in [0.3, 0.4) is 0 Å². The second kappa shape index (κ2) is 4.83. The van der Waals surface area contributed by atoms with Crippen LogP contribution in [0.1, 0.15) is 36.4 Å². The van der Waals surface area contributed by atoms with Crippen molar-refractivity contribution in [3.8, 4) is 0 Å². The van der Waals surface area contributed by atoms with Gasteiger partial charge in [0.2, 0.25) is 0 Å². The molecule has 88 valence electrons. The topological polar surface area (TPSA) is 33.5 Å². The number of ketones is 1. The zero-order valence-corrected chi connectivity index (χ0v) is 10.0. The molecule has 1 aliphatic rings. The van der Waals surface area contributed by atoms with E-state index >= 15 is 0 Å². The molecule has 0 aromatic carbocycles. The number of fused-ring (bicyclic) bond motifs is 1. The summed E-state index contributed by atoms with van der Waals surface area (Å²) in [6.07, 6.45) is 3.20. The van der Waals surface area contributed by atoms with E-state index in [1.807, 2.05) is 0 Å². The zero-order valence-electron chi connectivity index (χ0n) is 10.0. The van der Waals surface area contributed by atoms with Crippen molar-refractivity contribution in [3.05, 3.63) is 23.7 Å². The molecular weight excluding hydrogens is 202 g/mol. The first-order valence-electron chi connectivity index (χ1n) is 6.06. The summed E-state index contributed by atoms with van der Waals surface area (Å²) in [4.78, 5) is 14.2. The Kier molecular flexibility index (Phi) is 3.44. The van der Waals surface area contributed by atoms with E-state index < -0.39 is 0 Å². The van der Waals surface area contributed by atoms with Crippen molar-refractivity contribution in [3.63, 3.8) is 0 Å². The summed E-state index contributed by atoms with van der Waals surface area (Å²) in [5, 5.41) is 0. The maximum Gasteiger partial charge on any atom is 0.166 e. The number of Topliss-reactive ketones (excluding diaryl/α,β-unsaturated/α-hetero) is 1. The molecule has 2 rings (SSSR count). The smallest absolute Gasteiger partial charge is 0.166 e. The Hall–Kier alpha value is -1.09. The third-order valence-electron chi connectivity index (χ3n) is 3.40. The van der Waals surface area contributed by atoms with E-state index in [2.05, 4.69) is 18.7 Å². The zero-order chi connectivity index (χ0) is 11.5. The van der Waals surface area contributed by atoms with Crippen molar-refractivity contribution >= 4 is 5.78 Å². The molecule has 0 bridgehead atoms. The van der Waals surface area contributed by atoms with Gasteiger partial charge in [0, 0.05) is 19.4 Å². The molecule has 0 saturated heterocycles. The lowest BCUT2D eigenvalue weighted by molar-refractivity contribution is 0.0926. The van der Waals surface area contributed by atoms with Crippen molar-refractivity contribution in [1.29, 1.82) is 0 Å². The molecule has 1 aromatic rings. The minimum atomic E-state index is 0.243. The molecule has 3 nitrogen and oxygen atoms in total. The van der Waals surface area contributed by atoms with Gasteiger partial charge in [0.05, 0.1) is 11.8 Å². The highest BCUT2D eigenvalue weighted by molar-refractivity contribution is 5.98. The Morgan fingerprint density at radius 3 is 2.81 bits per heavy atom. The average molecular weight is 221 g/mol. The third kappa shape index (κ3) is 2.19. The van der Waals surface area contributed by atoms with E-state index in [9.17, 15) is 4.79 Å². The highest BCUT2D eigenvalue weighted by atomic mass is 16.3. The number of rotatable bonds is 4. The molecule has 16 heavy (non-hydrogen) atoms. The van der Waals surface area contributed by atoms with Crippen LogP contribution in [0.25, 0.3) is 0 Å². The van der Waals surface area contributed by atoms with Crippen molar-refractivity contribution < 1.29 is 9.21 Å². The summed E-state index contributed by atoms with van der Waals surface area (Å²) in [6.45, 7) is 7.41. The van der Waals surface area contributed by atoms with Crippen LogP contribution in [0.4, 0.5) is 0 Å². The fourth-order valence-corrected chi connectivity index (χ4v) is 2.43. The van der Waals surface area contributed by atoms with Crippen molar-refractivity contribution in [1.82, 2.24) is 4.90 Å². The highest BCUT2D eigenvalue weighted by Crippen LogP contribution is 2.26. The quantitative estimate of drug-likeness (QED) is 0.782. The average Bonchev–Trinajstić information content (AvgIpc) is 2.74. The second-order valence-corrected chi connectivity index (χ2v) is 4.44. The molecule has 0 N–H and O–H groups in total. The first-order chi connectivity index (χ1) is 7.74. The molecular formula is C13H19NO2. The molecule has 0 aliphatic heterocycles. The lowest BCUT2D eigenvalue weighted by Gasteiger charge is -2.26. The van der Waals surface area contributed by atoms with E-state index in [1.165, 1.54) is 0 Å². The monoisotopic (exact) mass is 221 g/mol. The van der Waals surface area contributed by atoms with Crippen LogP contribution in [0.5, 0.6) is 0 Å². The maximum atomic E-state index is 11.8. The second-order valence-electron chi connectivity index (χ2n) is 4.44. The number of furan rings is 1. The molecule has 0 amide bonds. The SMILES string of the molecule is CCN(CC)CC1CC(=O)c2ccoc2C1. The van der Waals surface area contributed by atoms with Gasteiger partial charge in [-0.2, -0.15) is 0 Å². The van der Waals surface area contributed by atoms with Crippen LogP contribution in [0, 0.1) is 5.92 Å². The van der Waals surface area contributed by atoms with Crippen LogP contribution < -0.4 is 0 Å². The molecule has 0 spiro atoms. The van der Waals surface area contributed by atoms with Crippen molar-refractivity contribution in [2.24, 2.45) is 5.92 Å². The lowest BCUT2D eigenvalue weighted by Crippen LogP contribution is -2.33. The molecule has 1 atom stereocenters. The normalized spacial score (nSPS) is 20.2. The molecule has 1 aliphatic carbocycles. The lowest BCUT2D eigenvalue weighted by atomic mass is 9.87. The van der Waals surface area contributed by atoms with Gasteiger partial charge in [-0.3, -0.25) is 4.79 Å². The molecule has 0 radical (unpaired) electrons. The van der Waals surface area contributed by atoms with Gasteiger partial charge < -0.3 is 9.32 Å². The minimum absolute atomic E-state index is 0.243. The van der Waals surface area contributed by atoms with Gasteiger partial charge in [0.1, 0.15) is 5.76 Å². The Labute approximate surface area is 96.4 Å². The Balaban J connectivity index is 2.03. The van der Waals surface area contributed by atoms with Gasteiger partial charge in [-0.05, 0) is 25.1 Å². The predicted molar refractivity (Wildman–Crippen MR) is 62.6 cm³/mol. The summed E-state index contributed by atoms with van der Waals surface area (Å²) >= 11 is 0. The highest BCUT2D eigenvalue weighted by Gasteiger charge is 2.28. The number of carbonyl (C=O) groups is 1. The van der Waals surface area contributed by atoms with Crippen LogP contribution in [-0.4, -0.2) is 30.3 Å². The van der Waals surface area contributed by atoms with Gasteiger partial charge in [-0.1, -0.05) is 13.8 Å². The standard InChI is InChI=1S/C13H19NO2/c1-3-14(4-2)9-10-7-12(15)11-5-6-16-13(11)8-10/h5-6,10H,3-4,7-9H2,1-2H3. The van der Waals surface area contributed by atoms with Crippen LogP contribution in [0.2, 0.25) is 0 Å². The summed E-state index contributed by atoms with van der Waals surface area (Å²) in [6, 6.07) is 1.80. The number of hydrogen-bond acceptors (Lipinski definition) is 3. The van der Waals surface area contributed by atoms with Crippen molar-refractivity contribution in [2.45, 2.75) is 26.7 Å². The molecule has 0 saturated carbocycles. The first kappa shape index (κ1) is 11.4. The molecule has 1 heterocycles. The van der Waals surface area contributed by atoms with E-state index in [0.29, 0.717) is 12.3 Å². The van der Waals surface area contributed by atoms with Crippen LogP contribution in [0.15, 0.2) is 16.7 Å². The maximum absolute atomic E-state index is 11.8. The van der Waals surface area contributed by atoms with Gasteiger partial charge in [-0.15, -0.1) is 0 Å².